The Morgan fingerprint density at radius 3 is 2.67 bits per heavy atom. The van der Waals surface area contributed by atoms with Crippen LogP contribution in [0.3, 0.4) is 0 Å². The molecule has 0 unspecified atom stereocenters. The molecule has 0 fully saturated rings. The summed E-state index contributed by atoms with van der Waals surface area (Å²) in [4.78, 5) is 16.2. The maximum absolute atomic E-state index is 12.0. The fourth-order valence-corrected chi connectivity index (χ4v) is 2.59. The van der Waals surface area contributed by atoms with E-state index in [2.05, 4.69) is 42.2 Å². The predicted octanol–water partition coefficient (Wildman–Crippen LogP) is 4.17. The van der Waals surface area contributed by atoms with E-state index in [0.717, 1.165) is 14.6 Å². The lowest BCUT2D eigenvalue weighted by Crippen LogP contribution is -2.14. The molecule has 2 rings (SSSR count). The zero-order chi connectivity index (χ0) is 13.1. The number of nitrogens with one attached hydrogen (secondary N) is 1. The predicted molar refractivity (Wildman–Crippen MR) is 78.8 cm³/mol. The minimum Gasteiger partial charge on any atom is -0.320 e. The van der Waals surface area contributed by atoms with Gasteiger partial charge >= 0.3 is 0 Å². The Labute approximate surface area is 122 Å². The molecule has 2 aromatic rings. The highest BCUT2D eigenvalue weighted by atomic mass is 79.9. The van der Waals surface area contributed by atoms with E-state index < -0.39 is 0 Å². The van der Waals surface area contributed by atoms with Crippen molar-refractivity contribution in [2.45, 2.75) is 6.92 Å². The summed E-state index contributed by atoms with van der Waals surface area (Å²) < 4.78 is 1.76. The number of carbonyl (C=O) groups excluding carboxylic acids is 1. The Balaban J connectivity index is 2.21. The van der Waals surface area contributed by atoms with E-state index >= 15 is 0 Å². The maximum Gasteiger partial charge on any atom is 0.274 e. The Morgan fingerprint density at radius 1 is 1.22 bits per heavy atom. The fraction of sp³-hybridized carbons (Fsp3) is 0.0769. The highest BCUT2D eigenvalue weighted by Gasteiger charge is 2.09. The summed E-state index contributed by atoms with van der Waals surface area (Å²) in [6.07, 6.45) is 0. The zero-order valence-corrected chi connectivity index (χ0v) is 12.7. The number of aromatic nitrogens is 1. The molecule has 1 heterocycles. The van der Waals surface area contributed by atoms with Crippen molar-refractivity contribution >= 4 is 43.5 Å². The second-order valence-electron chi connectivity index (χ2n) is 3.74. The van der Waals surface area contributed by atoms with Crippen molar-refractivity contribution in [3.63, 3.8) is 0 Å². The van der Waals surface area contributed by atoms with Gasteiger partial charge in [-0.25, -0.2) is 4.98 Å². The molecule has 0 radical (unpaired) electrons. The lowest BCUT2D eigenvalue weighted by Gasteiger charge is -2.07. The van der Waals surface area contributed by atoms with Crippen LogP contribution >= 0.6 is 31.9 Å². The van der Waals surface area contributed by atoms with Crippen molar-refractivity contribution in [1.82, 2.24) is 4.98 Å². The summed E-state index contributed by atoms with van der Waals surface area (Å²) >= 11 is 6.76. The second-order valence-corrected chi connectivity index (χ2v) is 5.51. The van der Waals surface area contributed by atoms with E-state index in [1.807, 2.05) is 37.3 Å². The monoisotopic (exact) mass is 368 g/mol. The average molecular weight is 370 g/mol. The topological polar surface area (TPSA) is 42.0 Å². The molecule has 1 amide bonds. The number of anilines is 1. The second kappa shape index (κ2) is 5.63. The van der Waals surface area contributed by atoms with E-state index in [1.54, 1.807) is 6.07 Å². The number of aryl methyl sites for hydroxylation is 1. The Kier molecular flexibility index (Phi) is 4.14. The third-order valence-electron chi connectivity index (χ3n) is 2.30. The van der Waals surface area contributed by atoms with Gasteiger partial charge in [-0.15, -0.1) is 0 Å². The van der Waals surface area contributed by atoms with Gasteiger partial charge in [-0.05, 0) is 53.2 Å². The van der Waals surface area contributed by atoms with Crippen LogP contribution in [0.4, 0.5) is 5.69 Å². The van der Waals surface area contributed by atoms with E-state index in [9.17, 15) is 4.79 Å². The number of benzene rings is 1. The van der Waals surface area contributed by atoms with Gasteiger partial charge < -0.3 is 5.32 Å². The summed E-state index contributed by atoms with van der Waals surface area (Å²) in [5.74, 6) is -0.221. The number of rotatable bonds is 2. The summed E-state index contributed by atoms with van der Waals surface area (Å²) in [6, 6.07) is 10.9. The molecule has 18 heavy (non-hydrogen) atoms. The van der Waals surface area contributed by atoms with Crippen molar-refractivity contribution in [2.24, 2.45) is 0 Å². The molecule has 1 aromatic carbocycles. The third kappa shape index (κ3) is 3.17. The van der Waals surface area contributed by atoms with Crippen LogP contribution in [0.15, 0.2) is 45.3 Å². The van der Waals surface area contributed by atoms with Gasteiger partial charge in [-0.2, -0.15) is 0 Å². The Bertz CT molecular complexity index is 599. The van der Waals surface area contributed by atoms with Crippen LogP contribution in [-0.4, -0.2) is 10.9 Å². The molecule has 0 atom stereocenters. The molecule has 0 saturated carbocycles. The number of nitrogens with zero attached hydrogens (tertiary/aromatic N) is 1. The van der Waals surface area contributed by atoms with Crippen LogP contribution in [-0.2, 0) is 0 Å². The number of carbonyl (C=O) groups is 1. The van der Waals surface area contributed by atoms with Crippen molar-refractivity contribution in [3.8, 4) is 0 Å². The first-order valence-electron chi connectivity index (χ1n) is 5.26. The quantitative estimate of drug-likeness (QED) is 0.863. The summed E-state index contributed by atoms with van der Waals surface area (Å²) in [6.45, 7) is 1.85. The van der Waals surface area contributed by atoms with E-state index in [1.165, 1.54) is 0 Å². The van der Waals surface area contributed by atoms with Crippen molar-refractivity contribution < 1.29 is 4.79 Å². The van der Waals surface area contributed by atoms with Crippen molar-refractivity contribution in [2.75, 3.05) is 5.32 Å². The molecule has 0 saturated heterocycles. The van der Waals surface area contributed by atoms with Gasteiger partial charge in [0.2, 0.25) is 0 Å². The molecule has 92 valence electrons. The smallest absolute Gasteiger partial charge is 0.274 e. The van der Waals surface area contributed by atoms with Crippen LogP contribution in [0.25, 0.3) is 0 Å². The number of halogens is 2. The zero-order valence-electron chi connectivity index (χ0n) is 9.58. The van der Waals surface area contributed by atoms with Gasteiger partial charge in [-0.3, -0.25) is 4.79 Å². The normalized spacial score (nSPS) is 10.2. The minimum absolute atomic E-state index is 0.221. The highest BCUT2D eigenvalue weighted by molar-refractivity contribution is 9.11. The van der Waals surface area contributed by atoms with Gasteiger partial charge in [0.1, 0.15) is 5.69 Å². The summed E-state index contributed by atoms with van der Waals surface area (Å²) in [7, 11) is 0. The van der Waals surface area contributed by atoms with Gasteiger partial charge in [0.25, 0.3) is 5.91 Å². The van der Waals surface area contributed by atoms with Crippen molar-refractivity contribution in [1.29, 1.82) is 0 Å². The molecule has 5 heteroatoms. The van der Waals surface area contributed by atoms with Gasteiger partial charge in [-0.1, -0.05) is 22.0 Å². The SMILES string of the molecule is Cc1cccc(C(=O)Nc2ccc(Br)cc2Br)n1. The molecule has 0 spiro atoms. The van der Waals surface area contributed by atoms with E-state index in [0.29, 0.717) is 11.4 Å². The van der Waals surface area contributed by atoms with E-state index in [-0.39, 0.29) is 5.91 Å². The molecule has 3 nitrogen and oxygen atoms in total. The molecule has 0 aliphatic heterocycles. The van der Waals surface area contributed by atoms with Crippen LogP contribution in [0.1, 0.15) is 16.2 Å². The number of amides is 1. The largest absolute Gasteiger partial charge is 0.320 e. The Hall–Kier alpha value is -1.20. The highest BCUT2D eigenvalue weighted by Crippen LogP contribution is 2.26. The first-order valence-corrected chi connectivity index (χ1v) is 6.85. The lowest BCUT2D eigenvalue weighted by molar-refractivity contribution is 0.102. The number of pyridine rings is 1. The lowest BCUT2D eigenvalue weighted by atomic mass is 10.2. The molecule has 0 aliphatic carbocycles. The number of hydrogen-bond acceptors (Lipinski definition) is 2. The maximum atomic E-state index is 12.0. The van der Waals surface area contributed by atoms with Crippen LogP contribution in [0, 0.1) is 6.92 Å². The molecule has 1 aromatic heterocycles. The number of hydrogen-bond donors (Lipinski definition) is 1. The summed E-state index contributed by atoms with van der Waals surface area (Å²) in [5, 5.41) is 2.81. The fourth-order valence-electron chi connectivity index (χ4n) is 1.45. The average Bonchev–Trinajstić information content (AvgIpc) is 2.32. The molecule has 0 bridgehead atoms. The summed E-state index contributed by atoms with van der Waals surface area (Å²) in [5.41, 5.74) is 1.94. The van der Waals surface area contributed by atoms with E-state index in [4.69, 9.17) is 0 Å². The molecule has 0 aliphatic rings. The van der Waals surface area contributed by atoms with Gasteiger partial charge in [0.15, 0.2) is 0 Å². The minimum atomic E-state index is -0.221. The first-order chi connectivity index (χ1) is 8.56. The van der Waals surface area contributed by atoms with Crippen LogP contribution in [0.5, 0.6) is 0 Å². The van der Waals surface area contributed by atoms with Crippen molar-refractivity contribution in [3.05, 3.63) is 56.7 Å². The molecular weight excluding hydrogens is 360 g/mol. The first kappa shape index (κ1) is 13.2. The van der Waals surface area contributed by atoms with Crippen LogP contribution < -0.4 is 5.32 Å². The van der Waals surface area contributed by atoms with Crippen LogP contribution in [0.2, 0.25) is 0 Å². The standard InChI is InChI=1S/C13H10Br2N2O/c1-8-3-2-4-12(16-8)13(18)17-11-6-5-9(14)7-10(11)15/h2-7H,1H3,(H,17,18). The third-order valence-corrected chi connectivity index (χ3v) is 3.45. The Morgan fingerprint density at radius 2 is 2.00 bits per heavy atom. The van der Waals surface area contributed by atoms with Gasteiger partial charge in [0, 0.05) is 14.6 Å². The molecule has 1 N–H and O–H groups in total. The molecular formula is C13H10Br2N2O. The van der Waals surface area contributed by atoms with Gasteiger partial charge in [0.05, 0.1) is 5.69 Å².